The van der Waals surface area contributed by atoms with Crippen molar-refractivity contribution < 1.29 is 9.59 Å². The zero-order valence-electron chi connectivity index (χ0n) is 14.6. The van der Waals surface area contributed by atoms with E-state index in [1.54, 1.807) is 11.3 Å². The van der Waals surface area contributed by atoms with Gasteiger partial charge in [-0.15, -0.1) is 11.3 Å². The molecule has 0 aromatic carbocycles. The third-order valence-electron chi connectivity index (χ3n) is 5.26. The Bertz CT molecular complexity index is 587. The molecule has 2 aliphatic rings. The number of nitrogens with zero attached hydrogens (tertiary/aromatic N) is 2. The van der Waals surface area contributed by atoms with E-state index in [1.807, 2.05) is 15.9 Å². The number of rotatable bonds is 4. The average Bonchev–Trinajstić information content (AvgIpc) is 3.20. The normalized spacial score (nSPS) is 24.2. The molecule has 3 rings (SSSR count). The SMILES string of the molecule is CC(C)N1CCC[C@@]2(CCN(C(=O)NCCc3cccs3)C2)C1=O. The highest BCUT2D eigenvalue weighted by Crippen LogP contribution is 2.40. The Morgan fingerprint density at radius 1 is 1.38 bits per heavy atom. The molecule has 0 aliphatic carbocycles. The third-order valence-corrected chi connectivity index (χ3v) is 6.20. The number of urea groups is 1. The van der Waals surface area contributed by atoms with Crippen molar-refractivity contribution in [3.05, 3.63) is 22.4 Å². The van der Waals surface area contributed by atoms with Gasteiger partial charge < -0.3 is 15.1 Å². The molecule has 6 heteroatoms. The zero-order chi connectivity index (χ0) is 17.2. The number of amides is 3. The lowest BCUT2D eigenvalue weighted by Gasteiger charge is -2.41. The molecular weight excluding hydrogens is 322 g/mol. The molecule has 1 spiro atoms. The molecule has 5 nitrogen and oxygen atoms in total. The second kappa shape index (κ2) is 7.13. The average molecular weight is 350 g/mol. The number of likely N-dealkylation sites (tertiary alicyclic amines) is 2. The predicted octanol–water partition coefficient (Wildman–Crippen LogP) is 2.72. The molecular formula is C18H27N3O2S. The maximum absolute atomic E-state index is 12.9. The minimum Gasteiger partial charge on any atom is -0.340 e. The van der Waals surface area contributed by atoms with Crippen molar-refractivity contribution in [1.29, 1.82) is 0 Å². The summed E-state index contributed by atoms with van der Waals surface area (Å²) in [5.41, 5.74) is -0.340. The van der Waals surface area contributed by atoms with Crippen molar-refractivity contribution in [2.45, 2.75) is 45.6 Å². The van der Waals surface area contributed by atoms with E-state index in [4.69, 9.17) is 0 Å². The minimum absolute atomic E-state index is 0.0297. The summed E-state index contributed by atoms with van der Waals surface area (Å²) in [6, 6.07) is 4.32. The molecule has 24 heavy (non-hydrogen) atoms. The Hall–Kier alpha value is -1.56. The van der Waals surface area contributed by atoms with Gasteiger partial charge >= 0.3 is 6.03 Å². The van der Waals surface area contributed by atoms with Gasteiger partial charge in [-0.3, -0.25) is 4.79 Å². The molecule has 1 N–H and O–H groups in total. The number of nitrogens with one attached hydrogen (secondary N) is 1. The van der Waals surface area contributed by atoms with E-state index < -0.39 is 0 Å². The lowest BCUT2D eigenvalue weighted by Crippen LogP contribution is -2.53. The third kappa shape index (κ3) is 3.43. The van der Waals surface area contributed by atoms with Crippen LogP contribution in [0.15, 0.2) is 17.5 Å². The lowest BCUT2D eigenvalue weighted by molar-refractivity contribution is -0.147. The summed E-state index contributed by atoms with van der Waals surface area (Å²) in [5.74, 6) is 0.248. The lowest BCUT2D eigenvalue weighted by atomic mass is 9.78. The second-order valence-corrected chi connectivity index (χ2v) is 8.24. The first-order valence-electron chi connectivity index (χ1n) is 8.88. The first-order valence-corrected chi connectivity index (χ1v) is 9.76. The van der Waals surface area contributed by atoms with Crippen LogP contribution in [-0.4, -0.2) is 54.0 Å². The van der Waals surface area contributed by atoms with E-state index in [0.717, 1.165) is 32.2 Å². The van der Waals surface area contributed by atoms with Gasteiger partial charge in [-0.25, -0.2) is 4.79 Å². The van der Waals surface area contributed by atoms with Crippen LogP contribution in [0.25, 0.3) is 0 Å². The fourth-order valence-electron chi connectivity index (χ4n) is 3.88. The van der Waals surface area contributed by atoms with Crippen molar-refractivity contribution in [2.24, 2.45) is 5.41 Å². The van der Waals surface area contributed by atoms with Crippen LogP contribution in [0.2, 0.25) is 0 Å². The van der Waals surface area contributed by atoms with Crippen molar-refractivity contribution in [3.63, 3.8) is 0 Å². The fourth-order valence-corrected chi connectivity index (χ4v) is 4.59. The number of hydrogen-bond acceptors (Lipinski definition) is 3. The van der Waals surface area contributed by atoms with Gasteiger partial charge in [-0.1, -0.05) is 6.07 Å². The molecule has 1 aromatic heterocycles. The number of carbonyl (C=O) groups is 2. The van der Waals surface area contributed by atoms with Gasteiger partial charge in [0.15, 0.2) is 0 Å². The van der Waals surface area contributed by atoms with Crippen molar-refractivity contribution in [1.82, 2.24) is 15.1 Å². The van der Waals surface area contributed by atoms with Crippen LogP contribution in [-0.2, 0) is 11.2 Å². The predicted molar refractivity (Wildman–Crippen MR) is 96.1 cm³/mol. The van der Waals surface area contributed by atoms with Crippen molar-refractivity contribution in [3.8, 4) is 0 Å². The maximum Gasteiger partial charge on any atom is 0.317 e. The number of hydrogen-bond donors (Lipinski definition) is 1. The van der Waals surface area contributed by atoms with Gasteiger partial charge in [-0.2, -0.15) is 0 Å². The minimum atomic E-state index is -0.340. The Morgan fingerprint density at radius 2 is 2.21 bits per heavy atom. The summed E-state index contributed by atoms with van der Waals surface area (Å²) in [7, 11) is 0. The monoisotopic (exact) mass is 349 g/mol. The Kier molecular flexibility index (Phi) is 5.13. The summed E-state index contributed by atoms with van der Waals surface area (Å²) in [6.45, 7) is 6.89. The summed E-state index contributed by atoms with van der Waals surface area (Å²) in [6.07, 6.45) is 3.61. The Morgan fingerprint density at radius 3 is 2.92 bits per heavy atom. The fraction of sp³-hybridized carbons (Fsp3) is 0.667. The summed E-state index contributed by atoms with van der Waals surface area (Å²) >= 11 is 1.71. The summed E-state index contributed by atoms with van der Waals surface area (Å²) < 4.78 is 0. The van der Waals surface area contributed by atoms with Crippen LogP contribution in [0.4, 0.5) is 4.79 Å². The standard InChI is InChI=1S/C18H27N3O2S/c1-14(2)21-10-4-7-18(16(21)22)8-11-20(13-18)17(23)19-9-6-15-5-3-12-24-15/h3,5,12,14H,4,6-11,13H2,1-2H3,(H,19,23)/t18-/m0/s1. The van der Waals surface area contributed by atoms with Crippen LogP contribution in [0.5, 0.6) is 0 Å². The van der Waals surface area contributed by atoms with Crippen molar-refractivity contribution >= 4 is 23.3 Å². The van der Waals surface area contributed by atoms with Crippen LogP contribution < -0.4 is 5.32 Å². The molecule has 0 saturated carbocycles. The molecule has 3 heterocycles. The molecule has 0 bridgehead atoms. The highest BCUT2D eigenvalue weighted by molar-refractivity contribution is 7.09. The van der Waals surface area contributed by atoms with E-state index >= 15 is 0 Å². The van der Waals surface area contributed by atoms with Gasteiger partial charge in [0.25, 0.3) is 0 Å². The van der Waals surface area contributed by atoms with Crippen LogP contribution in [0.3, 0.4) is 0 Å². The number of piperidine rings is 1. The molecule has 0 radical (unpaired) electrons. The smallest absolute Gasteiger partial charge is 0.317 e. The first-order chi connectivity index (χ1) is 11.5. The van der Waals surface area contributed by atoms with Gasteiger partial charge in [0.2, 0.25) is 5.91 Å². The van der Waals surface area contributed by atoms with E-state index in [0.29, 0.717) is 19.6 Å². The Balaban J connectivity index is 1.54. The van der Waals surface area contributed by atoms with Gasteiger partial charge in [0.05, 0.1) is 5.41 Å². The zero-order valence-corrected chi connectivity index (χ0v) is 15.4. The largest absolute Gasteiger partial charge is 0.340 e. The molecule has 0 unspecified atom stereocenters. The number of carbonyl (C=O) groups excluding carboxylic acids is 2. The van der Waals surface area contributed by atoms with Crippen molar-refractivity contribution in [2.75, 3.05) is 26.2 Å². The Labute approximate surface area is 148 Å². The molecule has 132 valence electrons. The molecule has 1 aromatic rings. The van der Waals surface area contributed by atoms with E-state index in [9.17, 15) is 9.59 Å². The van der Waals surface area contributed by atoms with Crippen LogP contribution in [0.1, 0.15) is 38.0 Å². The van der Waals surface area contributed by atoms with E-state index in [-0.39, 0.29) is 23.4 Å². The second-order valence-electron chi connectivity index (χ2n) is 7.21. The highest BCUT2D eigenvalue weighted by Gasteiger charge is 2.49. The maximum atomic E-state index is 12.9. The number of thiophene rings is 1. The van der Waals surface area contributed by atoms with Gasteiger partial charge in [0.1, 0.15) is 0 Å². The molecule has 2 fully saturated rings. The molecule has 2 saturated heterocycles. The van der Waals surface area contributed by atoms with Gasteiger partial charge in [0, 0.05) is 37.1 Å². The highest BCUT2D eigenvalue weighted by atomic mass is 32.1. The molecule has 1 atom stereocenters. The topological polar surface area (TPSA) is 52.6 Å². The van der Waals surface area contributed by atoms with Gasteiger partial charge in [-0.05, 0) is 51.0 Å². The van der Waals surface area contributed by atoms with E-state index in [1.165, 1.54) is 4.88 Å². The first kappa shape index (κ1) is 17.3. The quantitative estimate of drug-likeness (QED) is 0.909. The molecule has 2 aliphatic heterocycles. The van der Waals surface area contributed by atoms with Crippen LogP contribution in [0, 0.1) is 5.41 Å². The summed E-state index contributed by atoms with van der Waals surface area (Å²) in [4.78, 5) is 30.4. The summed E-state index contributed by atoms with van der Waals surface area (Å²) in [5, 5.41) is 5.05. The van der Waals surface area contributed by atoms with Crippen LogP contribution >= 0.6 is 11.3 Å². The molecule has 3 amide bonds. The van der Waals surface area contributed by atoms with E-state index in [2.05, 4.69) is 30.6 Å².